The molecule has 0 aromatic heterocycles. The van der Waals surface area contributed by atoms with Crippen LogP contribution in [0.4, 0.5) is 11.4 Å². The number of para-hydroxylation sites is 2. The number of nitrogens with one attached hydrogen (secondary N) is 1. The molecule has 21 heavy (non-hydrogen) atoms. The molecule has 5 heteroatoms. The molecule has 1 amide bonds. The van der Waals surface area contributed by atoms with Gasteiger partial charge in [0, 0.05) is 26.2 Å². The van der Waals surface area contributed by atoms with Crippen molar-refractivity contribution in [3.63, 3.8) is 0 Å². The number of nitrogens with zero attached hydrogens (tertiary/aromatic N) is 2. The van der Waals surface area contributed by atoms with E-state index in [9.17, 15) is 4.79 Å². The second-order valence-electron chi connectivity index (χ2n) is 5.44. The van der Waals surface area contributed by atoms with Crippen LogP contribution in [0.5, 0.6) is 0 Å². The molecule has 0 spiro atoms. The molecule has 0 saturated carbocycles. The van der Waals surface area contributed by atoms with Crippen LogP contribution in [0, 0.1) is 0 Å². The first-order valence-corrected chi connectivity index (χ1v) is 7.78. The number of carbonyl (C=O) groups excluding carboxylic acids is 1. The van der Waals surface area contributed by atoms with Crippen LogP contribution in [-0.2, 0) is 4.79 Å². The number of nitrogens with two attached hydrogens (primary N) is 1. The van der Waals surface area contributed by atoms with Gasteiger partial charge in [0.1, 0.15) is 0 Å². The zero-order valence-corrected chi connectivity index (χ0v) is 13.0. The average Bonchev–Trinajstić information content (AvgIpc) is 2.54. The van der Waals surface area contributed by atoms with Crippen LogP contribution in [-0.4, -0.2) is 49.6 Å². The molecule has 1 fully saturated rings. The van der Waals surface area contributed by atoms with E-state index in [2.05, 4.69) is 28.1 Å². The van der Waals surface area contributed by atoms with Gasteiger partial charge in [-0.25, -0.2) is 0 Å². The van der Waals surface area contributed by atoms with Gasteiger partial charge in [0.05, 0.1) is 17.4 Å². The first-order chi connectivity index (χ1) is 10.2. The Morgan fingerprint density at radius 2 is 1.90 bits per heavy atom. The number of piperazine rings is 1. The quantitative estimate of drug-likeness (QED) is 0.863. The monoisotopic (exact) mass is 290 g/mol. The summed E-state index contributed by atoms with van der Waals surface area (Å²) in [5.74, 6) is -0.114. The summed E-state index contributed by atoms with van der Waals surface area (Å²) < 4.78 is 0. The number of benzene rings is 1. The van der Waals surface area contributed by atoms with E-state index in [4.69, 9.17) is 5.73 Å². The summed E-state index contributed by atoms with van der Waals surface area (Å²) in [4.78, 5) is 16.8. The Hall–Kier alpha value is -1.59. The minimum absolute atomic E-state index is 0.114. The number of rotatable bonds is 5. The molecule has 0 aliphatic carbocycles. The predicted octanol–water partition coefficient (Wildman–Crippen LogP) is 1.50. The van der Waals surface area contributed by atoms with E-state index in [1.165, 1.54) is 0 Å². The molecule has 0 radical (unpaired) electrons. The van der Waals surface area contributed by atoms with Crippen molar-refractivity contribution in [2.45, 2.75) is 26.3 Å². The number of anilines is 2. The van der Waals surface area contributed by atoms with Crippen molar-refractivity contribution in [1.29, 1.82) is 0 Å². The summed E-state index contributed by atoms with van der Waals surface area (Å²) >= 11 is 0. The maximum absolute atomic E-state index is 12.0. The fourth-order valence-electron chi connectivity index (χ4n) is 2.57. The lowest BCUT2D eigenvalue weighted by Gasteiger charge is -2.36. The Kier molecular flexibility index (Phi) is 5.59. The molecule has 5 nitrogen and oxygen atoms in total. The summed E-state index contributed by atoms with van der Waals surface area (Å²) in [6.07, 6.45) is 0.642. The average molecular weight is 290 g/mol. The number of hydrogen-bond donors (Lipinski definition) is 2. The molecule has 1 aromatic carbocycles. The molecule has 1 saturated heterocycles. The third-order valence-electron chi connectivity index (χ3n) is 4.10. The summed E-state index contributed by atoms with van der Waals surface area (Å²) in [5.41, 5.74) is 7.74. The van der Waals surface area contributed by atoms with Gasteiger partial charge in [-0.15, -0.1) is 0 Å². The van der Waals surface area contributed by atoms with E-state index in [0.717, 1.165) is 44.1 Å². The van der Waals surface area contributed by atoms with Crippen LogP contribution in [0.15, 0.2) is 24.3 Å². The van der Waals surface area contributed by atoms with Crippen LogP contribution in [0.3, 0.4) is 0 Å². The van der Waals surface area contributed by atoms with Gasteiger partial charge in [-0.2, -0.15) is 0 Å². The van der Waals surface area contributed by atoms with Gasteiger partial charge in [-0.05, 0) is 25.1 Å². The zero-order valence-electron chi connectivity index (χ0n) is 13.0. The van der Waals surface area contributed by atoms with Crippen molar-refractivity contribution in [2.24, 2.45) is 5.73 Å². The molecule has 1 aliphatic heterocycles. The fraction of sp³-hybridized carbons (Fsp3) is 0.562. The third kappa shape index (κ3) is 3.95. The van der Waals surface area contributed by atoms with Crippen molar-refractivity contribution in [3.05, 3.63) is 24.3 Å². The predicted molar refractivity (Wildman–Crippen MR) is 87.7 cm³/mol. The minimum Gasteiger partial charge on any atom is -0.367 e. The van der Waals surface area contributed by atoms with Crippen molar-refractivity contribution in [2.75, 3.05) is 42.9 Å². The maximum atomic E-state index is 12.0. The van der Waals surface area contributed by atoms with Crippen molar-refractivity contribution < 1.29 is 4.79 Å². The molecule has 1 atom stereocenters. The number of likely N-dealkylation sites (N-methyl/N-ethyl adjacent to an activating group) is 1. The first-order valence-electron chi connectivity index (χ1n) is 7.78. The molecule has 1 aliphatic rings. The molecule has 0 bridgehead atoms. The SMILES string of the molecule is CC[C@H](N)C(=O)Nc1ccccc1N1CCN(CC)CC1. The highest BCUT2D eigenvalue weighted by molar-refractivity contribution is 5.97. The van der Waals surface area contributed by atoms with E-state index in [1.54, 1.807) is 0 Å². The van der Waals surface area contributed by atoms with Gasteiger partial charge in [0.15, 0.2) is 0 Å². The Morgan fingerprint density at radius 1 is 1.24 bits per heavy atom. The van der Waals surface area contributed by atoms with E-state index >= 15 is 0 Å². The van der Waals surface area contributed by atoms with E-state index < -0.39 is 6.04 Å². The standard InChI is InChI=1S/C16H26N4O/c1-3-13(17)16(21)18-14-7-5-6-8-15(14)20-11-9-19(4-2)10-12-20/h5-8,13H,3-4,9-12,17H2,1-2H3,(H,18,21)/t13-/m0/s1. The Bertz CT molecular complexity index is 469. The van der Waals surface area contributed by atoms with Crippen molar-refractivity contribution >= 4 is 17.3 Å². The van der Waals surface area contributed by atoms with E-state index in [0.29, 0.717) is 6.42 Å². The van der Waals surface area contributed by atoms with E-state index in [1.807, 2.05) is 25.1 Å². The Morgan fingerprint density at radius 3 is 2.52 bits per heavy atom. The van der Waals surface area contributed by atoms with Crippen LogP contribution in [0.1, 0.15) is 20.3 Å². The minimum atomic E-state index is -0.449. The maximum Gasteiger partial charge on any atom is 0.241 e. The lowest BCUT2D eigenvalue weighted by atomic mass is 10.2. The second-order valence-corrected chi connectivity index (χ2v) is 5.44. The smallest absolute Gasteiger partial charge is 0.241 e. The molecule has 1 heterocycles. The molecule has 0 unspecified atom stereocenters. The first kappa shape index (κ1) is 15.8. The summed E-state index contributed by atoms with van der Waals surface area (Å²) in [6, 6.07) is 7.52. The topological polar surface area (TPSA) is 61.6 Å². The van der Waals surface area contributed by atoms with Gasteiger partial charge in [-0.3, -0.25) is 4.79 Å². The number of carbonyl (C=O) groups is 1. The van der Waals surface area contributed by atoms with E-state index in [-0.39, 0.29) is 5.91 Å². The molecule has 3 N–H and O–H groups in total. The number of amides is 1. The lowest BCUT2D eigenvalue weighted by molar-refractivity contribution is -0.117. The lowest BCUT2D eigenvalue weighted by Crippen LogP contribution is -2.46. The van der Waals surface area contributed by atoms with Crippen LogP contribution in [0.25, 0.3) is 0 Å². The number of hydrogen-bond acceptors (Lipinski definition) is 4. The highest BCUT2D eigenvalue weighted by Crippen LogP contribution is 2.26. The Labute approximate surface area is 127 Å². The zero-order chi connectivity index (χ0) is 15.2. The largest absolute Gasteiger partial charge is 0.367 e. The second kappa shape index (κ2) is 7.43. The third-order valence-corrected chi connectivity index (χ3v) is 4.10. The highest BCUT2D eigenvalue weighted by atomic mass is 16.2. The highest BCUT2D eigenvalue weighted by Gasteiger charge is 2.19. The van der Waals surface area contributed by atoms with Gasteiger partial charge < -0.3 is 20.9 Å². The van der Waals surface area contributed by atoms with Crippen LogP contribution >= 0.6 is 0 Å². The molecule has 116 valence electrons. The molecule has 2 rings (SSSR count). The van der Waals surface area contributed by atoms with Crippen molar-refractivity contribution in [1.82, 2.24) is 4.90 Å². The summed E-state index contributed by atoms with van der Waals surface area (Å²) in [5, 5.41) is 2.96. The van der Waals surface area contributed by atoms with Gasteiger partial charge in [0.2, 0.25) is 5.91 Å². The Balaban J connectivity index is 2.08. The molecule has 1 aromatic rings. The van der Waals surface area contributed by atoms with Gasteiger partial charge in [-0.1, -0.05) is 26.0 Å². The van der Waals surface area contributed by atoms with Crippen LogP contribution < -0.4 is 16.0 Å². The van der Waals surface area contributed by atoms with Crippen LogP contribution in [0.2, 0.25) is 0 Å². The van der Waals surface area contributed by atoms with Gasteiger partial charge in [0.25, 0.3) is 0 Å². The fourth-order valence-corrected chi connectivity index (χ4v) is 2.57. The molecular formula is C16H26N4O. The van der Waals surface area contributed by atoms with Crippen molar-refractivity contribution in [3.8, 4) is 0 Å². The normalized spacial score (nSPS) is 17.6. The summed E-state index contributed by atoms with van der Waals surface area (Å²) in [7, 11) is 0. The molecular weight excluding hydrogens is 264 g/mol. The summed E-state index contributed by atoms with van der Waals surface area (Å²) in [6.45, 7) is 9.30. The van der Waals surface area contributed by atoms with Gasteiger partial charge >= 0.3 is 0 Å².